The molecule has 0 atom stereocenters. The van der Waals surface area contributed by atoms with Crippen molar-refractivity contribution in [2.24, 2.45) is 0 Å². The zero-order valence-corrected chi connectivity index (χ0v) is 11.9. The van der Waals surface area contributed by atoms with Gasteiger partial charge in [0.05, 0.1) is 0 Å². The van der Waals surface area contributed by atoms with Gasteiger partial charge in [0.1, 0.15) is 0 Å². The predicted molar refractivity (Wildman–Crippen MR) is 60.8 cm³/mol. The first-order valence-electron chi connectivity index (χ1n) is 3.58. The van der Waals surface area contributed by atoms with Gasteiger partial charge >= 0.3 is 19.5 Å². The van der Waals surface area contributed by atoms with Crippen LogP contribution in [0, 0.1) is 0 Å². The monoisotopic (exact) mass is 278 g/mol. The number of hydrogen-bond acceptors (Lipinski definition) is 0. The molecule has 0 heterocycles. The summed E-state index contributed by atoms with van der Waals surface area (Å²) in [5.41, 5.74) is 0. The molecule has 0 rings (SSSR count). The summed E-state index contributed by atoms with van der Waals surface area (Å²) in [6.45, 7) is 0. The van der Waals surface area contributed by atoms with E-state index in [0.29, 0.717) is 0 Å². The third-order valence-corrected chi connectivity index (χ3v) is 0. The van der Waals surface area contributed by atoms with Crippen molar-refractivity contribution < 1.29 is 19.5 Å². The first-order valence-corrected chi connectivity index (χ1v) is 3.58. The van der Waals surface area contributed by atoms with Crippen LogP contribution in [0.4, 0.5) is 0 Å². The molecule has 0 amide bonds. The zero-order chi connectivity index (χ0) is 10.8. The van der Waals surface area contributed by atoms with Crippen molar-refractivity contribution in [3.63, 3.8) is 0 Å². The van der Waals surface area contributed by atoms with Crippen molar-refractivity contribution >= 4 is 0 Å². The molecule has 0 saturated heterocycles. The second-order valence-electron chi connectivity index (χ2n) is 1.79. The molecule has 0 aliphatic carbocycles. The molecule has 5 heteroatoms. The van der Waals surface area contributed by atoms with Crippen molar-refractivity contribution in [1.29, 1.82) is 0 Å². The molecule has 84 valence electrons. The van der Waals surface area contributed by atoms with Gasteiger partial charge in [0.2, 0.25) is 0 Å². The van der Waals surface area contributed by atoms with Gasteiger partial charge in [0, 0.05) is 0 Å². The van der Waals surface area contributed by atoms with Gasteiger partial charge in [-0.1, -0.05) is 0 Å². The molecule has 0 radical (unpaired) electrons. The van der Waals surface area contributed by atoms with E-state index in [9.17, 15) is 0 Å². The average molecular weight is 277 g/mol. The van der Waals surface area contributed by atoms with Gasteiger partial charge in [-0.15, -0.1) is 0 Å². The summed E-state index contributed by atoms with van der Waals surface area (Å²) >= 11 is 0. The minimum atomic E-state index is 0. The second kappa shape index (κ2) is 82.2. The minimum Gasteiger partial charge on any atom is -0.668 e. The number of rotatable bonds is 0. The molecule has 0 bridgehead atoms. The van der Waals surface area contributed by atoms with Crippen LogP contribution in [0.5, 0.6) is 0 Å². The zero-order valence-electron chi connectivity index (χ0n) is 10.1. The van der Waals surface area contributed by atoms with E-state index in [4.69, 9.17) is 0 Å². The Hall–Kier alpha value is 0.463. The first kappa shape index (κ1) is 29.2. The van der Waals surface area contributed by atoms with Crippen LogP contribution in [-0.2, 0) is 19.5 Å². The summed E-state index contributed by atoms with van der Waals surface area (Å²) < 4.78 is 0. The first-order chi connectivity index (χ1) is 5.66. The van der Waals surface area contributed by atoms with Gasteiger partial charge in [-0.3, -0.25) is 0 Å². The van der Waals surface area contributed by atoms with Crippen LogP contribution < -0.4 is 0 Å². The average Bonchev–Trinajstić information content (AvgIpc) is 1.92. The van der Waals surface area contributed by atoms with Crippen LogP contribution in [0.25, 0.3) is 21.3 Å². The summed E-state index contributed by atoms with van der Waals surface area (Å²) in [5.74, 6) is 0. The molecule has 0 aromatic rings. The van der Waals surface area contributed by atoms with E-state index >= 15 is 0 Å². The maximum Gasteiger partial charge on any atom is 4.00 e. The van der Waals surface area contributed by atoms with Gasteiger partial charge < -0.3 is 21.3 Å². The molecule has 0 fully saturated rings. The van der Waals surface area contributed by atoms with Crippen LogP contribution >= 0.6 is 0 Å². The Bertz CT molecular complexity index is 24.1. The molecule has 0 saturated carbocycles. The Morgan fingerprint density at radius 2 is 0.385 bits per heavy atom. The topological polar surface area (TPSA) is 56.4 Å². The summed E-state index contributed by atoms with van der Waals surface area (Å²) in [4.78, 5) is 0. The molecule has 4 nitrogen and oxygen atoms in total. The molecule has 0 aromatic heterocycles. The fraction of sp³-hybridized carbons (Fsp3) is 1.00. The quantitative estimate of drug-likeness (QED) is 0.611. The van der Waals surface area contributed by atoms with Crippen LogP contribution in [0.3, 0.4) is 0 Å². The van der Waals surface area contributed by atoms with E-state index in [1.54, 1.807) is 56.4 Å². The summed E-state index contributed by atoms with van der Waals surface area (Å²) in [5, 5.41) is 14.0. The Labute approximate surface area is 97.4 Å². The van der Waals surface area contributed by atoms with Gasteiger partial charge in [-0.25, -0.2) is 0 Å². The Balaban J connectivity index is -0.0000000213. The van der Waals surface area contributed by atoms with E-state index in [2.05, 4.69) is 21.3 Å². The summed E-state index contributed by atoms with van der Waals surface area (Å²) in [6.07, 6.45) is 0. The molecule has 0 aliphatic rings. The molecular formula is C8H24N4Ru. The molecule has 0 aliphatic heterocycles. The smallest absolute Gasteiger partial charge is 0.668 e. The fourth-order valence-corrected chi connectivity index (χ4v) is 0. The number of nitrogens with zero attached hydrogens (tertiary/aromatic N) is 4. The van der Waals surface area contributed by atoms with Crippen molar-refractivity contribution in [2.45, 2.75) is 0 Å². The van der Waals surface area contributed by atoms with Crippen LogP contribution in [-0.4, -0.2) is 56.4 Å². The van der Waals surface area contributed by atoms with Crippen LogP contribution in [0.2, 0.25) is 0 Å². The third kappa shape index (κ3) is 6350. The summed E-state index contributed by atoms with van der Waals surface area (Å²) in [6, 6.07) is 0. The Morgan fingerprint density at radius 3 is 0.385 bits per heavy atom. The fourth-order valence-electron chi connectivity index (χ4n) is 0. The van der Waals surface area contributed by atoms with Crippen molar-refractivity contribution in [2.75, 3.05) is 56.4 Å². The van der Waals surface area contributed by atoms with E-state index in [1.165, 1.54) is 0 Å². The van der Waals surface area contributed by atoms with Gasteiger partial charge in [0.15, 0.2) is 0 Å². The molecule has 0 unspecified atom stereocenters. The van der Waals surface area contributed by atoms with Crippen molar-refractivity contribution in [1.82, 2.24) is 0 Å². The van der Waals surface area contributed by atoms with E-state index in [1.807, 2.05) is 0 Å². The number of hydrogen-bond donors (Lipinski definition) is 0. The molecular weight excluding hydrogens is 253 g/mol. The van der Waals surface area contributed by atoms with Crippen LogP contribution in [0.15, 0.2) is 0 Å². The normalized spacial score (nSPS) is 5.54. The SMILES string of the molecule is C[N-]C.C[N-]C.C[N-]C.C[N-]C.[Ru+4]. The Morgan fingerprint density at radius 1 is 0.385 bits per heavy atom. The predicted octanol–water partition coefficient (Wildman–Crippen LogP) is 2.48. The van der Waals surface area contributed by atoms with Crippen molar-refractivity contribution in [3.05, 3.63) is 21.3 Å². The van der Waals surface area contributed by atoms with E-state index in [0.717, 1.165) is 0 Å². The van der Waals surface area contributed by atoms with Gasteiger partial charge in [-0.2, -0.15) is 56.4 Å². The van der Waals surface area contributed by atoms with Gasteiger partial charge in [-0.05, 0) is 0 Å². The Kier molecular flexibility index (Phi) is 185. The standard InChI is InChI=1S/4C2H6N.Ru/c4*1-3-2;/h4*1-2H3;/q4*-1;+4. The molecule has 0 spiro atoms. The van der Waals surface area contributed by atoms with Crippen LogP contribution in [0.1, 0.15) is 0 Å². The maximum absolute atomic E-state index is 3.50. The molecule has 13 heavy (non-hydrogen) atoms. The van der Waals surface area contributed by atoms with Crippen molar-refractivity contribution in [3.8, 4) is 0 Å². The minimum absolute atomic E-state index is 0. The van der Waals surface area contributed by atoms with E-state index in [-0.39, 0.29) is 19.5 Å². The van der Waals surface area contributed by atoms with Gasteiger partial charge in [0.25, 0.3) is 0 Å². The third-order valence-electron chi connectivity index (χ3n) is 0. The molecule has 0 aromatic carbocycles. The molecule has 0 N–H and O–H groups in total. The second-order valence-corrected chi connectivity index (χ2v) is 1.79. The van der Waals surface area contributed by atoms with E-state index < -0.39 is 0 Å². The maximum atomic E-state index is 3.50. The largest absolute Gasteiger partial charge is 4.00 e. The summed E-state index contributed by atoms with van der Waals surface area (Å²) in [7, 11) is 14.0.